The summed E-state index contributed by atoms with van der Waals surface area (Å²) in [5.74, 6) is 1.43. The van der Waals surface area contributed by atoms with E-state index in [4.69, 9.17) is 4.74 Å². The van der Waals surface area contributed by atoms with Crippen molar-refractivity contribution in [1.29, 1.82) is 0 Å². The molecule has 1 unspecified atom stereocenters. The second-order valence-electron chi connectivity index (χ2n) is 7.61. The van der Waals surface area contributed by atoms with Crippen LogP contribution in [0.3, 0.4) is 0 Å². The second kappa shape index (κ2) is 6.34. The first-order valence-electron chi connectivity index (χ1n) is 9.14. The number of methoxy groups -OCH3 is 1. The van der Waals surface area contributed by atoms with E-state index in [0.717, 1.165) is 43.5 Å². The lowest BCUT2D eigenvalue weighted by Crippen LogP contribution is -2.34. The van der Waals surface area contributed by atoms with Crippen molar-refractivity contribution < 1.29 is 9.53 Å². The molecule has 0 aromatic heterocycles. The lowest BCUT2D eigenvalue weighted by atomic mass is 9.91. The molecule has 2 fully saturated rings. The number of nitrogens with one attached hydrogen (secondary N) is 1. The van der Waals surface area contributed by atoms with Crippen molar-refractivity contribution in [2.75, 3.05) is 27.2 Å². The maximum absolute atomic E-state index is 12.8. The molecular weight excluding hydrogens is 312 g/mol. The Morgan fingerprint density at radius 3 is 2.68 bits per heavy atom. The number of nitrogens with zero attached hydrogens (tertiary/aromatic N) is 1. The molecule has 1 spiro atoms. The van der Waals surface area contributed by atoms with Gasteiger partial charge in [0.25, 0.3) is 0 Å². The number of benzene rings is 2. The minimum Gasteiger partial charge on any atom is -0.497 e. The molecule has 1 saturated carbocycles. The number of amides is 1. The van der Waals surface area contributed by atoms with Crippen LogP contribution in [0.25, 0.3) is 10.8 Å². The average molecular weight is 338 g/mol. The maximum Gasteiger partial charge on any atom is 0.226 e. The molecule has 1 aliphatic heterocycles. The standard InChI is InChI=1S/C21H26N2O2/c1-23(20(24)19-13-21(19)7-9-22-10-8-21)14-15-3-4-17-12-18(25-2)6-5-16(17)11-15/h3-6,11-12,19,22H,7-10,13-14H2,1-2H3. The van der Waals surface area contributed by atoms with E-state index >= 15 is 0 Å². The number of carbonyl (C=O) groups excluding carboxylic acids is 1. The zero-order chi connectivity index (χ0) is 17.4. The predicted octanol–water partition coefficient (Wildman–Crippen LogP) is 3.20. The van der Waals surface area contributed by atoms with Gasteiger partial charge in [0.1, 0.15) is 5.75 Å². The van der Waals surface area contributed by atoms with Crippen molar-refractivity contribution in [3.05, 3.63) is 42.0 Å². The maximum atomic E-state index is 12.8. The number of carbonyl (C=O) groups is 1. The fourth-order valence-electron chi connectivity index (χ4n) is 4.29. The molecule has 4 rings (SSSR count). The van der Waals surface area contributed by atoms with Crippen LogP contribution >= 0.6 is 0 Å². The topological polar surface area (TPSA) is 41.6 Å². The van der Waals surface area contributed by atoms with Gasteiger partial charge < -0.3 is 15.0 Å². The van der Waals surface area contributed by atoms with E-state index in [1.807, 2.05) is 24.1 Å². The highest BCUT2D eigenvalue weighted by molar-refractivity contribution is 5.85. The minimum atomic E-state index is 0.240. The fraction of sp³-hybridized carbons (Fsp3) is 0.476. The average Bonchev–Trinajstić information content (AvgIpc) is 3.33. The van der Waals surface area contributed by atoms with Crippen LogP contribution in [-0.4, -0.2) is 38.1 Å². The molecule has 1 atom stereocenters. The summed E-state index contributed by atoms with van der Waals surface area (Å²) in [6.45, 7) is 2.79. The molecule has 0 bridgehead atoms. The van der Waals surface area contributed by atoms with E-state index in [0.29, 0.717) is 17.9 Å². The molecule has 1 N–H and O–H groups in total. The van der Waals surface area contributed by atoms with Crippen molar-refractivity contribution >= 4 is 16.7 Å². The third-order valence-corrected chi connectivity index (χ3v) is 5.99. The molecule has 1 saturated heterocycles. The number of fused-ring (bicyclic) bond motifs is 1. The van der Waals surface area contributed by atoms with Crippen molar-refractivity contribution in [3.63, 3.8) is 0 Å². The van der Waals surface area contributed by atoms with Gasteiger partial charge in [0.2, 0.25) is 5.91 Å². The first kappa shape index (κ1) is 16.4. The summed E-state index contributed by atoms with van der Waals surface area (Å²) in [6, 6.07) is 12.5. The minimum absolute atomic E-state index is 0.240. The normalized spacial score (nSPS) is 21.3. The molecule has 2 aromatic rings. The lowest BCUT2D eigenvalue weighted by Gasteiger charge is -2.25. The Hall–Kier alpha value is -2.07. The summed E-state index contributed by atoms with van der Waals surface area (Å²) in [6.07, 6.45) is 3.37. The summed E-state index contributed by atoms with van der Waals surface area (Å²) >= 11 is 0. The quantitative estimate of drug-likeness (QED) is 0.931. The van der Waals surface area contributed by atoms with Gasteiger partial charge in [-0.3, -0.25) is 4.79 Å². The molecule has 1 heterocycles. The Morgan fingerprint density at radius 2 is 1.92 bits per heavy atom. The molecule has 1 amide bonds. The Labute approximate surface area is 149 Å². The molecular formula is C21H26N2O2. The van der Waals surface area contributed by atoms with Crippen molar-refractivity contribution in [2.45, 2.75) is 25.8 Å². The fourth-order valence-corrected chi connectivity index (χ4v) is 4.29. The van der Waals surface area contributed by atoms with Crippen LogP contribution in [0, 0.1) is 11.3 Å². The lowest BCUT2D eigenvalue weighted by molar-refractivity contribution is -0.132. The van der Waals surface area contributed by atoms with E-state index in [1.54, 1.807) is 7.11 Å². The Morgan fingerprint density at radius 1 is 1.20 bits per heavy atom. The van der Waals surface area contributed by atoms with Gasteiger partial charge in [-0.15, -0.1) is 0 Å². The van der Waals surface area contributed by atoms with Crippen molar-refractivity contribution in [1.82, 2.24) is 10.2 Å². The van der Waals surface area contributed by atoms with Gasteiger partial charge in [-0.1, -0.05) is 18.2 Å². The molecule has 4 heteroatoms. The number of rotatable bonds is 4. The van der Waals surface area contributed by atoms with E-state index in [1.165, 1.54) is 10.9 Å². The summed E-state index contributed by atoms with van der Waals surface area (Å²) in [5, 5.41) is 5.74. The van der Waals surface area contributed by atoms with E-state index in [9.17, 15) is 4.79 Å². The first-order chi connectivity index (χ1) is 12.1. The van der Waals surface area contributed by atoms with Gasteiger partial charge in [0.15, 0.2) is 0 Å². The highest BCUT2D eigenvalue weighted by Crippen LogP contribution is 2.59. The number of ether oxygens (including phenoxy) is 1. The highest BCUT2D eigenvalue weighted by Gasteiger charge is 2.58. The van der Waals surface area contributed by atoms with Crippen LogP contribution in [0.5, 0.6) is 5.75 Å². The molecule has 25 heavy (non-hydrogen) atoms. The van der Waals surface area contributed by atoms with Crippen molar-refractivity contribution in [3.8, 4) is 5.75 Å². The third kappa shape index (κ3) is 3.11. The van der Waals surface area contributed by atoms with Gasteiger partial charge in [-0.25, -0.2) is 0 Å². The Kier molecular flexibility index (Phi) is 4.16. The molecule has 2 aliphatic rings. The van der Waals surface area contributed by atoms with Crippen molar-refractivity contribution in [2.24, 2.45) is 11.3 Å². The Bertz CT molecular complexity index is 796. The van der Waals surface area contributed by atoms with Gasteiger partial charge in [0.05, 0.1) is 7.11 Å². The monoisotopic (exact) mass is 338 g/mol. The highest BCUT2D eigenvalue weighted by atomic mass is 16.5. The molecule has 1 aliphatic carbocycles. The van der Waals surface area contributed by atoms with Crippen LogP contribution in [0.4, 0.5) is 0 Å². The van der Waals surface area contributed by atoms with Gasteiger partial charge in [0, 0.05) is 19.5 Å². The summed E-state index contributed by atoms with van der Waals surface area (Å²) in [4.78, 5) is 14.7. The number of hydrogen-bond acceptors (Lipinski definition) is 3. The second-order valence-corrected chi connectivity index (χ2v) is 7.61. The van der Waals surface area contributed by atoms with Crippen LogP contribution < -0.4 is 10.1 Å². The predicted molar refractivity (Wildman–Crippen MR) is 99.6 cm³/mol. The molecule has 132 valence electrons. The molecule has 2 aromatic carbocycles. The molecule has 0 radical (unpaired) electrons. The SMILES string of the molecule is COc1ccc2cc(CN(C)C(=O)C3CC34CCNCC4)ccc2c1. The third-order valence-electron chi connectivity index (χ3n) is 5.99. The zero-order valence-electron chi connectivity index (χ0n) is 15.0. The largest absolute Gasteiger partial charge is 0.497 e. The van der Waals surface area contributed by atoms with Gasteiger partial charge >= 0.3 is 0 Å². The smallest absolute Gasteiger partial charge is 0.226 e. The zero-order valence-corrected chi connectivity index (χ0v) is 15.0. The van der Waals surface area contributed by atoms with Crippen LogP contribution in [0.2, 0.25) is 0 Å². The van der Waals surface area contributed by atoms with Crippen LogP contribution in [0.1, 0.15) is 24.8 Å². The van der Waals surface area contributed by atoms with Crippen LogP contribution in [-0.2, 0) is 11.3 Å². The molecule has 4 nitrogen and oxygen atoms in total. The first-order valence-corrected chi connectivity index (χ1v) is 9.14. The van der Waals surface area contributed by atoms with E-state index in [-0.39, 0.29) is 5.92 Å². The van der Waals surface area contributed by atoms with Gasteiger partial charge in [-0.05, 0) is 72.3 Å². The summed E-state index contributed by atoms with van der Waals surface area (Å²) < 4.78 is 5.28. The summed E-state index contributed by atoms with van der Waals surface area (Å²) in [5.41, 5.74) is 1.48. The number of hydrogen-bond donors (Lipinski definition) is 1. The van der Waals surface area contributed by atoms with Crippen LogP contribution in [0.15, 0.2) is 36.4 Å². The Balaban J connectivity index is 1.44. The van der Waals surface area contributed by atoms with E-state index < -0.39 is 0 Å². The van der Waals surface area contributed by atoms with Gasteiger partial charge in [-0.2, -0.15) is 0 Å². The number of piperidine rings is 1. The van der Waals surface area contributed by atoms with E-state index in [2.05, 4.69) is 29.6 Å². The summed E-state index contributed by atoms with van der Waals surface area (Å²) in [7, 11) is 3.62.